The molecule has 2 heterocycles. The third-order valence-corrected chi connectivity index (χ3v) is 10.4. The Balaban J connectivity index is 1.16. The second kappa shape index (κ2) is 12.2. The van der Waals surface area contributed by atoms with Crippen molar-refractivity contribution in [2.24, 2.45) is 9.98 Å². The summed E-state index contributed by atoms with van der Waals surface area (Å²) in [6.45, 7) is 0. The number of hydrogen-bond acceptors (Lipinski definition) is 3. The summed E-state index contributed by atoms with van der Waals surface area (Å²) in [4.78, 5) is 12.8. The fraction of sp³-hybridized carbons (Fsp3) is 0.0417. The minimum Gasteiger partial charge on any atom is -0.333 e. The fourth-order valence-electron chi connectivity index (χ4n) is 7.97. The minimum absolute atomic E-state index is 0.232. The summed E-state index contributed by atoms with van der Waals surface area (Å²) in [7, 11) is 2.11. The van der Waals surface area contributed by atoms with Crippen LogP contribution in [0.25, 0.3) is 60.2 Å². The highest BCUT2D eigenvalue weighted by Crippen LogP contribution is 2.39. The number of aromatic nitrogens is 1. The lowest BCUT2D eigenvalue weighted by molar-refractivity contribution is 0.383. The lowest BCUT2D eigenvalue weighted by Gasteiger charge is -2.33. The van der Waals surface area contributed by atoms with Crippen LogP contribution in [0.1, 0.15) is 22.9 Å². The maximum atomic E-state index is 5.36. The van der Waals surface area contributed by atoms with Crippen molar-refractivity contribution in [1.29, 1.82) is 0 Å². The summed E-state index contributed by atoms with van der Waals surface area (Å²) in [5, 5.41) is 7.41. The van der Waals surface area contributed by atoms with E-state index in [0.29, 0.717) is 0 Å². The fourth-order valence-corrected chi connectivity index (χ4v) is 7.97. The van der Waals surface area contributed by atoms with Crippen LogP contribution >= 0.6 is 0 Å². The molecule has 0 bridgehead atoms. The van der Waals surface area contributed by atoms with Crippen LogP contribution in [0.3, 0.4) is 0 Å². The first kappa shape index (κ1) is 30.1. The van der Waals surface area contributed by atoms with Crippen molar-refractivity contribution in [2.45, 2.75) is 6.17 Å². The Labute approximate surface area is 302 Å². The summed E-state index contributed by atoms with van der Waals surface area (Å²) < 4.78 is 2.40. The standard InChI is InChI=1S/C48H34N4/c1-51-47(36-18-6-3-7-19-36)49-46(35-16-4-2-5-17-35)50-48(51)45-39-21-11-9-14-32(39)26-30-40(45)34-24-28-37(29-25-34)52-42-23-13-12-22-41(42)44-38-20-10-8-15-33(38)27-31-43(44)52/h2-31,47H,1H3. The number of para-hydroxylation sites is 1. The zero-order valence-electron chi connectivity index (χ0n) is 28.7. The molecule has 1 atom stereocenters. The number of rotatable bonds is 5. The van der Waals surface area contributed by atoms with E-state index in [1.165, 1.54) is 38.0 Å². The van der Waals surface area contributed by atoms with Crippen molar-refractivity contribution in [3.63, 3.8) is 0 Å². The van der Waals surface area contributed by atoms with Gasteiger partial charge in [0.15, 0.2) is 5.84 Å². The van der Waals surface area contributed by atoms with E-state index in [2.05, 4.69) is 180 Å². The Morgan fingerprint density at radius 3 is 1.87 bits per heavy atom. The molecule has 0 spiro atoms. The van der Waals surface area contributed by atoms with Gasteiger partial charge in [-0.1, -0.05) is 158 Å². The smallest absolute Gasteiger partial charge is 0.159 e. The monoisotopic (exact) mass is 666 g/mol. The Morgan fingerprint density at radius 2 is 1.10 bits per heavy atom. The van der Waals surface area contributed by atoms with E-state index in [1.807, 2.05) is 18.2 Å². The van der Waals surface area contributed by atoms with Crippen LogP contribution < -0.4 is 0 Å². The van der Waals surface area contributed by atoms with Crippen molar-refractivity contribution >= 4 is 55.0 Å². The molecular formula is C48H34N4. The molecule has 0 saturated carbocycles. The van der Waals surface area contributed by atoms with Gasteiger partial charge < -0.3 is 9.47 Å². The summed E-state index contributed by atoms with van der Waals surface area (Å²) in [6, 6.07) is 64.9. The molecule has 9 aromatic rings. The van der Waals surface area contributed by atoms with Crippen molar-refractivity contribution in [3.8, 4) is 16.8 Å². The molecule has 1 aromatic heterocycles. The summed E-state index contributed by atoms with van der Waals surface area (Å²) in [5.74, 6) is 1.63. The van der Waals surface area contributed by atoms with Gasteiger partial charge in [-0.3, -0.25) is 0 Å². The van der Waals surface area contributed by atoms with E-state index in [0.717, 1.165) is 50.6 Å². The average molecular weight is 667 g/mol. The summed E-state index contributed by atoms with van der Waals surface area (Å²) in [5.41, 5.74) is 9.01. The van der Waals surface area contributed by atoms with Gasteiger partial charge in [0.25, 0.3) is 0 Å². The predicted octanol–water partition coefficient (Wildman–Crippen LogP) is 11.6. The molecule has 1 aliphatic heterocycles. The summed E-state index contributed by atoms with van der Waals surface area (Å²) >= 11 is 0. The van der Waals surface area contributed by atoms with Gasteiger partial charge in [-0.15, -0.1) is 0 Å². The Kier molecular flexibility index (Phi) is 7.07. The van der Waals surface area contributed by atoms with Crippen LogP contribution in [0.4, 0.5) is 0 Å². The van der Waals surface area contributed by atoms with Gasteiger partial charge in [0.2, 0.25) is 0 Å². The van der Waals surface area contributed by atoms with Gasteiger partial charge in [0.05, 0.1) is 11.0 Å². The maximum Gasteiger partial charge on any atom is 0.159 e. The van der Waals surface area contributed by atoms with E-state index in [-0.39, 0.29) is 6.17 Å². The zero-order chi connectivity index (χ0) is 34.6. The number of fused-ring (bicyclic) bond motifs is 6. The highest BCUT2D eigenvalue weighted by atomic mass is 15.3. The molecule has 4 heteroatoms. The van der Waals surface area contributed by atoms with Crippen LogP contribution in [-0.4, -0.2) is 28.2 Å². The number of aliphatic imine (C=N–C) groups is 2. The highest BCUT2D eigenvalue weighted by Gasteiger charge is 2.29. The molecule has 0 amide bonds. The molecule has 1 aliphatic rings. The third-order valence-electron chi connectivity index (χ3n) is 10.4. The van der Waals surface area contributed by atoms with E-state index in [4.69, 9.17) is 9.98 Å². The van der Waals surface area contributed by atoms with Gasteiger partial charge in [-0.25, -0.2) is 9.98 Å². The Morgan fingerprint density at radius 1 is 0.481 bits per heavy atom. The quantitative estimate of drug-likeness (QED) is 0.180. The number of nitrogens with zero attached hydrogens (tertiary/aromatic N) is 4. The number of amidine groups is 2. The van der Waals surface area contributed by atoms with Crippen molar-refractivity contribution < 1.29 is 0 Å². The van der Waals surface area contributed by atoms with E-state index < -0.39 is 0 Å². The molecule has 0 aliphatic carbocycles. The molecule has 246 valence electrons. The zero-order valence-corrected chi connectivity index (χ0v) is 28.7. The molecule has 4 nitrogen and oxygen atoms in total. The van der Waals surface area contributed by atoms with Crippen LogP contribution in [0.2, 0.25) is 0 Å². The predicted molar refractivity (Wildman–Crippen MR) is 218 cm³/mol. The number of hydrogen-bond donors (Lipinski definition) is 0. The minimum atomic E-state index is -0.232. The number of benzene rings is 8. The van der Waals surface area contributed by atoms with Crippen LogP contribution in [0, 0.1) is 0 Å². The Hall–Kier alpha value is -6.78. The average Bonchev–Trinajstić information content (AvgIpc) is 3.56. The van der Waals surface area contributed by atoms with Crippen molar-refractivity contribution in [3.05, 3.63) is 199 Å². The SMILES string of the molecule is CN1C(c2c(-c3ccc(-n4c5ccccc5c5c6ccccc6ccc54)cc3)ccc3ccccc23)=NC(c2ccccc2)=NC1c1ccccc1. The molecule has 8 aromatic carbocycles. The lowest BCUT2D eigenvalue weighted by atomic mass is 9.92. The van der Waals surface area contributed by atoms with Gasteiger partial charge in [-0.05, 0) is 62.5 Å². The maximum absolute atomic E-state index is 5.36. The molecule has 0 N–H and O–H groups in total. The lowest BCUT2D eigenvalue weighted by Crippen LogP contribution is -2.36. The second-order valence-electron chi connectivity index (χ2n) is 13.4. The Bertz CT molecular complexity index is 2850. The highest BCUT2D eigenvalue weighted by molar-refractivity contribution is 6.22. The first-order valence-electron chi connectivity index (χ1n) is 17.8. The topological polar surface area (TPSA) is 32.9 Å². The van der Waals surface area contributed by atoms with E-state index in [1.54, 1.807) is 0 Å². The van der Waals surface area contributed by atoms with Crippen LogP contribution in [0.15, 0.2) is 192 Å². The molecule has 0 radical (unpaired) electrons. The van der Waals surface area contributed by atoms with Crippen LogP contribution in [0.5, 0.6) is 0 Å². The first-order chi connectivity index (χ1) is 25.7. The van der Waals surface area contributed by atoms with Gasteiger partial charge in [-0.2, -0.15) is 0 Å². The molecular weight excluding hydrogens is 633 g/mol. The molecule has 10 rings (SSSR count). The molecule has 0 saturated heterocycles. The van der Waals surface area contributed by atoms with Crippen molar-refractivity contribution in [2.75, 3.05) is 7.05 Å². The largest absolute Gasteiger partial charge is 0.333 e. The van der Waals surface area contributed by atoms with Gasteiger partial charge in [0, 0.05) is 34.6 Å². The van der Waals surface area contributed by atoms with Crippen LogP contribution in [-0.2, 0) is 0 Å². The first-order valence-corrected chi connectivity index (χ1v) is 17.8. The van der Waals surface area contributed by atoms with Gasteiger partial charge in [0.1, 0.15) is 12.0 Å². The molecule has 0 fully saturated rings. The van der Waals surface area contributed by atoms with Gasteiger partial charge >= 0.3 is 0 Å². The van der Waals surface area contributed by atoms with E-state index >= 15 is 0 Å². The van der Waals surface area contributed by atoms with Crippen molar-refractivity contribution in [1.82, 2.24) is 9.47 Å². The third kappa shape index (κ3) is 4.84. The van der Waals surface area contributed by atoms with E-state index in [9.17, 15) is 0 Å². The second-order valence-corrected chi connectivity index (χ2v) is 13.4. The summed E-state index contributed by atoms with van der Waals surface area (Å²) in [6.07, 6.45) is -0.232. The normalized spacial score (nSPS) is 14.6. The molecule has 1 unspecified atom stereocenters. The molecule has 52 heavy (non-hydrogen) atoms.